The summed E-state index contributed by atoms with van der Waals surface area (Å²) in [5, 5.41) is 2.74. The summed E-state index contributed by atoms with van der Waals surface area (Å²) in [6.45, 7) is 0.855. The van der Waals surface area contributed by atoms with Gasteiger partial charge in [-0.3, -0.25) is 4.79 Å². The molecule has 0 aliphatic heterocycles. The highest BCUT2D eigenvalue weighted by atomic mass is 16.5. The van der Waals surface area contributed by atoms with E-state index in [1.54, 1.807) is 32.4 Å². The van der Waals surface area contributed by atoms with Crippen LogP contribution in [0.3, 0.4) is 0 Å². The molecule has 0 fully saturated rings. The van der Waals surface area contributed by atoms with Gasteiger partial charge in [0.25, 0.3) is 0 Å². The Morgan fingerprint density at radius 1 is 1.37 bits per heavy atom. The highest BCUT2D eigenvalue weighted by Gasteiger charge is 2.07. The lowest BCUT2D eigenvalue weighted by Gasteiger charge is -2.13. The van der Waals surface area contributed by atoms with Gasteiger partial charge in [0.1, 0.15) is 0 Å². The molecule has 0 radical (unpaired) electrons. The Hall–Kier alpha value is -1.85. The quantitative estimate of drug-likeness (QED) is 0.570. The lowest BCUT2D eigenvalue weighted by Crippen LogP contribution is -2.34. The van der Waals surface area contributed by atoms with Crippen LogP contribution in [0, 0.1) is 0 Å². The zero-order chi connectivity index (χ0) is 14.1. The van der Waals surface area contributed by atoms with Gasteiger partial charge in [0.2, 0.25) is 5.91 Å². The Kier molecular flexibility index (Phi) is 6.63. The predicted octanol–water partition coefficient (Wildman–Crippen LogP) is 1.06. The van der Waals surface area contributed by atoms with Crippen LogP contribution in [-0.4, -0.2) is 39.4 Å². The van der Waals surface area contributed by atoms with E-state index in [0.29, 0.717) is 18.8 Å². The molecule has 5 heteroatoms. The average Bonchev–Trinajstić information content (AvgIpc) is 2.42. The SMILES string of the molecule is COCC(CNC(=O)/C=C/c1ccc(N)cc1)OC. The third-order valence-electron chi connectivity index (χ3n) is 2.55. The second-order valence-corrected chi connectivity index (χ2v) is 4.06. The molecule has 1 rings (SSSR count). The van der Waals surface area contributed by atoms with Crippen LogP contribution in [0.25, 0.3) is 6.08 Å². The van der Waals surface area contributed by atoms with E-state index in [9.17, 15) is 4.79 Å². The number of hydrogen-bond acceptors (Lipinski definition) is 4. The maximum atomic E-state index is 11.6. The van der Waals surface area contributed by atoms with Crippen molar-refractivity contribution in [1.82, 2.24) is 5.32 Å². The summed E-state index contributed by atoms with van der Waals surface area (Å²) in [5.41, 5.74) is 7.20. The van der Waals surface area contributed by atoms with Gasteiger partial charge in [0.05, 0.1) is 12.7 Å². The van der Waals surface area contributed by atoms with Crippen molar-refractivity contribution < 1.29 is 14.3 Å². The number of nitrogens with two attached hydrogens (primary N) is 1. The second kappa shape index (κ2) is 8.29. The van der Waals surface area contributed by atoms with Crippen LogP contribution < -0.4 is 11.1 Å². The molecule has 1 amide bonds. The smallest absolute Gasteiger partial charge is 0.244 e. The molecule has 0 aromatic heterocycles. The minimum Gasteiger partial charge on any atom is -0.399 e. The number of hydrogen-bond donors (Lipinski definition) is 2. The Morgan fingerprint density at radius 2 is 2.05 bits per heavy atom. The third kappa shape index (κ3) is 6.03. The zero-order valence-electron chi connectivity index (χ0n) is 11.3. The van der Waals surface area contributed by atoms with Crippen molar-refractivity contribution in [2.45, 2.75) is 6.10 Å². The number of carbonyl (C=O) groups is 1. The molecule has 0 saturated heterocycles. The van der Waals surface area contributed by atoms with Crippen LogP contribution in [0.1, 0.15) is 5.56 Å². The summed E-state index contributed by atoms with van der Waals surface area (Å²) >= 11 is 0. The first kappa shape index (κ1) is 15.2. The molecule has 19 heavy (non-hydrogen) atoms. The lowest BCUT2D eigenvalue weighted by molar-refractivity contribution is -0.117. The number of carbonyl (C=O) groups excluding carboxylic acids is 1. The Morgan fingerprint density at radius 3 is 2.63 bits per heavy atom. The van der Waals surface area contributed by atoms with E-state index in [1.807, 2.05) is 12.1 Å². The van der Waals surface area contributed by atoms with Crippen molar-refractivity contribution in [1.29, 1.82) is 0 Å². The van der Waals surface area contributed by atoms with E-state index in [0.717, 1.165) is 5.56 Å². The molecule has 3 N–H and O–H groups in total. The summed E-state index contributed by atoms with van der Waals surface area (Å²) in [4.78, 5) is 11.6. The predicted molar refractivity (Wildman–Crippen MR) is 75.6 cm³/mol. The highest BCUT2D eigenvalue weighted by molar-refractivity contribution is 5.91. The molecule has 5 nitrogen and oxygen atoms in total. The van der Waals surface area contributed by atoms with Gasteiger partial charge in [-0.25, -0.2) is 0 Å². The molecule has 0 saturated carbocycles. The van der Waals surface area contributed by atoms with Crippen LogP contribution in [0.15, 0.2) is 30.3 Å². The Labute approximate surface area is 113 Å². The van der Waals surface area contributed by atoms with Crippen molar-refractivity contribution in [2.24, 2.45) is 0 Å². The lowest BCUT2D eigenvalue weighted by atomic mass is 10.2. The van der Waals surface area contributed by atoms with Crippen LogP contribution >= 0.6 is 0 Å². The van der Waals surface area contributed by atoms with Gasteiger partial charge < -0.3 is 20.5 Å². The van der Waals surface area contributed by atoms with Gasteiger partial charge in [-0.15, -0.1) is 0 Å². The third-order valence-corrected chi connectivity index (χ3v) is 2.55. The van der Waals surface area contributed by atoms with E-state index in [-0.39, 0.29) is 12.0 Å². The molecule has 1 aromatic carbocycles. The van der Waals surface area contributed by atoms with Crippen LogP contribution in [-0.2, 0) is 14.3 Å². The van der Waals surface area contributed by atoms with E-state index < -0.39 is 0 Å². The molecular weight excluding hydrogens is 244 g/mol. The highest BCUT2D eigenvalue weighted by Crippen LogP contribution is 2.06. The number of benzene rings is 1. The van der Waals surface area contributed by atoms with Crippen molar-refractivity contribution in [2.75, 3.05) is 33.1 Å². The summed E-state index contributed by atoms with van der Waals surface area (Å²) in [7, 11) is 3.18. The summed E-state index contributed by atoms with van der Waals surface area (Å²) < 4.78 is 10.1. The largest absolute Gasteiger partial charge is 0.399 e. The number of amides is 1. The first-order valence-electron chi connectivity index (χ1n) is 5.99. The molecule has 0 spiro atoms. The number of nitrogen functional groups attached to an aromatic ring is 1. The number of ether oxygens (including phenoxy) is 2. The van der Waals surface area contributed by atoms with Crippen molar-refractivity contribution in [3.63, 3.8) is 0 Å². The molecule has 1 unspecified atom stereocenters. The minimum absolute atomic E-state index is 0.140. The maximum Gasteiger partial charge on any atom is 0.244 e. The average molecular weight is 264 g/mol. The molecule has 1 aromatic rings. The normalized spacial score (nSPS) is 12.5. The Bertz CT molecular complexity index is 415. The van der Waals surface area contributed by atoms with E-state index in [4.69, 9.17) is 15.2 Å². The minimum atomic E-state index is -0.171. The molecule has 104 valence electrons. The topological polar surface area (TPSA) is 73.6 Å². The van der Waals surface area contributed by atoms with Gasteiger partial charge in [-0.1, -0.05) is 12.1 Å². The fraction of sp³-hybridized carbons (Fsp3) is 0.357. The Balaban J connectivity index is 2.40. The first-order chi connectivity index (χ1) is 9.15. The number of methoxy groups -OCH3 is 2. The van der Waals surface area contributed by atoms with Gasteiger partial charge in [0, 0.05) is 32.5 Å². The second-order valence-electron chi connectivity index (χ2n) is 4.06. The summed E-state index contributed by atoms with van der Waals surface area (Å²) in [5.74, 6) is -0.171. The molecule has 0 heterocycles. The van der Waals surface area contributed by atoms with Gasteiger partial charge in [-0.2, -0.15) is 0 Å². The van der Waals surface area contributed by atoms with Crippen LogP contribution in [0.4, 0.5) is 5.69 Å². The number of anilines is 1. The fourth-order valence-corrected chi connectivity index (χ4v) is 1.45. The molecular formula is C14H20N2O3. The number of nitrogens with one attached hydrogen (secondary N) is 1. The van der Waals surface area contributed by atoms with Crippen LogP contribution in [0.2, 0.25) is 0 Å². The van der Waals surface area contributed by atoms with E-state index in [2.05, 4.69) is 5.32 Å². The van der Waals surface area contributed by atoms with E-state index in [1.165, 1.54) is 6.08 Å². The van der Waals surface area contributed by atoms with Crippen LogP contribution in [0.5, 0.6) is 0 Å². The summed E-state index contributed by atoms with van der Waals surface area (Å²) in [6, 6.07) is 7.28. The van der Waals surface area contributed by atoms with Gasteiger partial charge in [-0.05, 0) is 23.8 Å². The fourth-order valence-electron chi connectivity index (χ4n) is 1.45. The first-order valence-corrected chi connectivity index (χ1v) is 5.99. The van der Waals surface area contributed by atoms with Crippen molar-refractivity contribution >= 4 is 17.7 Å². The van der Waals surface area contributed by atoms with Gasteiger partial charge >= 0.3 is 0 Å². The van der Waals surface area contributed by atoms with Crippen molar-refractivity contribution in [3.05, 3.63) is 35.9 Å². The molecule has 1 atom stereocenters. The maximum absolute atomic E-state index is 11.6. The van der Waals surface area contributed by atoms with Crippen molar-refractivity contribution in [3.8, 4) is 0 Å². The number of rotatable bonds is 7. The molecule has 0 aliphatic carbocycles. The monoisotopic (exact) mass is 264 g/mol. The van der Waals surface area contributed by atoms with E-state index >= 15 is 0 Å². The zero-order valence-corrected chi connectivity index (χ0v) is 11.3. The van der Waals surface area contributed by atoms with Gasteiger partial charge in [0.15, 0.2) is 0 Å². The molecule has 0 aliphatic rings. The summed E-state index contributed by atoms with van der Waals surface area (Å²) in [6.07, 6.45) is 3.07. The molecule has 0 bridgehead atoms. The standard InChI is InChI=1S/C14H20N2O3/c1-18-10-13(19-2)9-16-14(17)8-5-11-3-6-12(15)7-4-11/h3-8,13H,9-10,15H2,1-2H3,(H,16,17)/b8-5+.